The zero-order valence-electron chi connectivity index (χ0n) is 10.1. The standard InChI is InChI=1S/C13H19NO4/c15-8-11(17)12-13(18)10(16)7-14(12)6-9-4-2-1-3-5-9/h1-5,10-13,15-18H,6-8H2/t10-,11-,12-,13-/m0/s1. The van der Waals surface area contributed by atoms with Crippen molar-refractivity contribution >= 4 is 0 Å². The van der Waals surface area contributed by atoms with Crippen molar-refractivity contribution in [3.8, 4) is 0 Å². The molecule has 1 saturated heterocycles. The van der Waals surface area contributed by atoms with Gasteiger partial charge >= 0.3 is 0 Å². The summed E-state index contributed by atoms with van der Waals surface area (Å²) < 4.78 is 0. The molecule has 5 heteroatoms. The number of benzene rings is 1. The molecule has 1 fully saturated rings. The van der Waals surface area contributed by atoms with E-state index in [-0.39, 0.29) is 6.54 Å². The van der Waals surface area contributed by atoms with Crippen LogP contribution in [0.3, 0.4) is 0 Å². The molecule has 4 N–H and O–H groups in total. The van der Waals surface area contributed by atoms with Crippen molar-refractivity contribution in [2.24, 2.45) is 0 Å². The summed E-state index contributed by atoms with van der Waals surface area (Å²) in [5, 5.41) is 38.3. The quantitative estimate of drug-likeness (QED) is 0.550. The highest BCUT2D eigenvalue weighted by Crippen LogP contribution is 2.23. The van der Waals surface area contributed by atoms with Crippen molar-refractivity contribution < 1.29 is 20.4 Å². The number of nitrogens with zero attached hydrogens (tertiary/aromatic N) is 1. The van der Waals surface area contributed by atoms with Gasteiger partial charge in [-0.2, -0.15) is 0 Å². The first kappa shape index (κ1) is 13.5. The van der Waals surface area contributed by atoms with E-state index >= 15 is 0 Å². The van der Waals surface area contributed by atoms with Crippen LogP contribution in [0.4, 0.5) is 0 Å². The van der Waals surface area contributed by atoms with E-state index in [2.05, 4.69) is 0 Å². The number of aliphatic hydroxyl groups excluding tert-OH is 4. The van der Waals surface area contributed by atoms with Crippen molar-refractivity contribution in [1.29, 1.82) is 0 Å². The minimum atomic E-state index is -1.05. The Bertz CT molecular complexity index is 373. The molecule has 18 heavy (non-hydrogen) atoms. The molecular formula is C13H19NO4. The van der Waals surface area contributed by atoms with Gasteiger partial charge in [0.1, 0.15) is 0 Å². The molecule has 100 valence electrons. The Hall–Kier alpha value is -0.980. The Labute approximate surface area is 106 Å². The van der Waals surface area contributed by atoms with E-state index in [0.717, 1.165) is 5.56 Å². The Kier molecular flexibility index (Phi) is 4.31. The number of likely N-dealkylation sites (tertiary alicyclic amines) is 1. The van der Waals surface area contributed by atoms with Crippen molar-refractivity contribution in [2.45, 2.75) is 30.9 Å². The average Bonchev–Trinajstić information content (AvgIpc) is 2.65. The number of β-amino-alcohol motifs (C(OH)–C–C–N with tert-alkyl or cyclic N) is 1. The topological polar surface area (TPSA) is 84.2 Å². The summed E-state index contributed by atoms with van der Waals surface area (Å²) in [6.45, 7) is 0.383. The highest BCUT2D eigenvalue weighted by molar-refractivity contribution is 5.15. The first-order valence-electron chi connectivity index (χ1n) is 6.06. The molecule has 0 amide bonds. The van der Waals surface area contributed by atoms with Crippen molar-refractivity contribution in [3.63, 3.8) is 0 Å². The van der Waals surface area contributed by atoms with Gasteiger partial charge in [0.15, 0.2) is 0 Å². The van der Waals surface area contributed by atoms with Gasteiger partial charge in [0, 0.05) is 13.1 Å². The van der Waals surface area contributed by atoms with Gasteiger partial charge in [-0.1, -0.05) is 30.3 Å². The van der Waals surface area contributed by atoms with Crippen LogP contribution in [0.1, 0.15) is 5.56 Å². The second-order valence-corrected chi connectivity index (χ2v) is 4.71. The molecule has 0 unspecified atom stereocenters. The second kappa shape index (κ2) is 5.77. The van der Waals surface area contributed by atoms with E-state index in [1.165, 1.54) is 0 Å². The summed E-state index contributed by atoms with van der Waals surface area (Å²) in [5.41, 5.74) is 1.04. The minimum absolute atomic E-state index is 0.289. The number of hydrogen-bond acceptors (Lipinski definition) is 5. The predicted molar refractivity (Wildman–Crippen MR) is 65.7 cm³/mol. The Balaban J connectivity index is 2.11. The van der Waals surface area contributed by atoms with E-state index in [1.807, 2.05) is 30.3 Å². The minimum Gasteiger partial charge on any atom is -0.394 e. The third-order valence-corrected chi connectivity index (χ3v) is 3.40. The maximum atomic E-state index is 9.84. The molecule has 2 rings (SSSR count). The Morgan fingerprint density at radius 1 is 1.22 bits per heavy atom. The molecule has 1 aliphatic rings. The summed E-state index contributed by atoms with van der Waals surface area (Å²) in [5.74, 6) is 0. The molecule has 1 aromatic rings. The summed E-state index contributed by atoms with van der Waals surface area (Å²) in [6, 6.07) is 8.99. The maximum Gasteiger partial charge on any atom is 0.0992 e. The van der Waals surface area contributed by atoms with E-state index < -0.39 is 31.0 Å². The highest BCUT2D eigenvalue weighted by Gasteiger charge is 2.43. The van der Waals surface area contributed by atoms with Crippen molar-refractivity contribution in [1.82, 2.24) is 4.90 Å². The van der Waals surface area contributed by atoms with Crippen LogP contribution in [-0.4, -0.2) is 62.8 Å². The first-order valence-corrected chi connectivity index (χ1v) is 6.06. The summed E-state index contributed by atoms with van der Waals surface area (Å²) in [6.07, 6.45) is -2.98. The molecule has 1 aliphatic heterocycles. The Morgan fingerprint density at radius 3 is 2.50 bits per heavy atom. The summed E-state index contributed by atoms with van der Waals surface area (Å²) in [4.78, 5) is 1.80. The van der Waals surface area contributed by atoms with Gasteiger partial charge in [-0.3, -0.25) is 4.90 Å². The Morgan fingerprint density at radius 2 is 1.89 bits per heavy atom. The van der Waals surface area contributed by atoms with Crippen LogP contribution >= 0.6 is 0 Å². The molecule has 0 radical (unpaired) electrons. The largest absolute Gasteiger partial charge is 0.394 e. The third kappa shape index (κ3) is 2.71. The van der Waals surface area contributed by atoms with Gasteiger partial charge in [-0.25, -0.2) is 0 Å². The van der Waals surface area contributed by atoms with Crippen LogP contribution < -0.4 is 0 Å². The molecule has 4 atom stereocenters. The zero-order chi connectivity index (χ0) is 13.1. The van der Waals surface area contributed by atoms with E-state index in [1.54, 1.807) is 4.90 Å². The number of hydrogen-bond donors (Lipinski definition) is 4. The molecular weight excluding hydrogens is 234 g/mol. The van der Waals surface area contributed by atoms with Gasteiger partial charge in [0.2, 0.25) is 0 Å². The maximum absolute atomic E-state index is 9.84. The average molecular weight is 253 g/mol. The molecule has 0 aromatic heterocycles. The SMILES string of the molecule is OC[C@H](O)[C@H]1[C@@H](O)[C@@H](O)CN1Cc1ccccc1. The molecule has 0 saturated carbocycles. The van der Waals surface area contributed by atoms with Gasteiger partial charge in [0.25, 0.3) is 0 Å². The fourth-order valence-corrected chi connectivity index (χ4v) is 2.48. The van der Waals surface area contributed by atoms with Gasteiger partial charge < -0.3 is 20.4 Å². The summed E-state index contributed by atoms with van der Waals surface area (Å²) >= 11 is 0. The molecule has 0 spiro atoms. The molecule has 1 aromatic carbocycles. The zero-order valence-corrected chi connectivity index (χ0v) is 10.1. The lowest BCUT2D eigenvalue weighted by Gasteiger charge is -2.29. The van der Waals surface area contributed by atoms with Crippen LogP contribution in [0.2, 0.25) is 0 Å². The van der Waals surface area contributed by atoms with E-state index in [0.29, 0.717) is 6.54 Å². The molecule has 0 bridgehead atoms. The van der Waals surface area contributed by atoms with E-state index in [4.69, 9.17) is 5.11 Å². The normalized spacial score (nSPS) is 30.6. The van der Waals surface area contributed by atoms with Crippen LogP contribution in [0.5, 0.6) is 0 Å². The number of aliphatic hydroxyl groups is 4. The monoisotopic (exact) mass is 253 g/mol. The van der Waals surface area contributed by atoms with Gasteiger partial charge in [0.05, 0.1) is 31.0 Å². The fourth-order valence-electron chi connectivity index (χ4n) is 2.48. The second-order valence-electron chi connectivity index (χ2n) is 4.71. The van der Waals surface area contributed by atoms with E-state index in [9.17, 15) is 15.3 Å². The first-order chi connectivity index (χ1) is 8.63. The van der Waals surface area contributed by atoms with Crippen LogP contribution in [0.25, 0.3) is 0 Å². The molecule has 5 nitrogen and oxygen atoms in total. The third-order valence-electron chi connectivity index (χ3n) is 3.40. The van der Waals surface area contributed by atoms with Gasteiger partial charge in [-0.05, 0) is 5.56 Å². The lowest BCUT2D eigenvalue weighted by atomic mass is 10.0. The van der Waals surface area contributed by atoms with Crippen molar-refractivity contribution in [3.05, 3.63) is 35.9 Å². The highest BCUT2D eigenvalue weighted by atomic mass is 16.3. The smallest absolute Gasteiger partial charge is 0.0992 e. The number of rotatable bonds is 4. The van der Waals surface area contributed by atoms with Crippen LogP contribution in [-0.2, 0) is 6.54 Å². The molecule has 1 heterocycles. The predicted octanol–water partition coefficient (Wildman–Crippen LogP) is -1.05. The lowest BCUT2D eigenvalue weighted by Crippen LogP contribution is -2.46. The van der Waals surface area contributed by atoms with Crippen molar-refractivity contribution in [2.75, 3.05) is 13.2 Å². The fraction of sp³-hybridized carbons (Fsp3) is 0.538. The van der Waals surface area contributed by atoms with Crippen LogP contribution in [0, 0.1) is 0 Å². The summed E-state index contributed by atoms with van der Waals surface area (Å²) in [7, 11) is 0. The molecule has 0 aliphatic carbocycles. The lowest BCUT2D eigenvalue weighted by molar-refractivity contribution is -0.0317. The van der Waals surface area contributed by atoms with Gasteiger partial charge in [-0.15, -0.1) is 0 Å². The van der Waals surface area contributed by atoms with Crippen LogP contribution in [0.15, 0.2) is 30.3 Å².